The van der Waals surface area contributed by atoms with Crippen LogP contribution in [0.2, 0.25) is 0 Å². The lowest BCUT2D eigenvalue weighted by Crippen LogP contribution is -2.00. The molecule has 0 aliphatic rings. The topological polar surface area (TPSA) is 50.7 Å². The first kappa shape index (κ1) is 14.0. The van der Waals surface area contributed by atoms with Crippen molar-refractivity contribution < 1.29 is 19.0 Å². The van der Waals surface area contributed by atoms with Crippen LogP contribution in [0.3, 0.4) is 0 Å². The summed E-state index contributed by atoms with van der Waals surface area (Å²) in [5.41, 5.74) is 1.50. The molecule has 2 N–H and O–H groups in total. The third kappa shape index (κ3) is 3.12. The van der Waals surface area contributed by atoms with E-state index in [1.807, 2.05) is 0 Å². The van der Waals surface area contributed by atoms with E-state index < -0.39 is 5.82 Å². The summed E-state index contributed by atoms with van der Waals surface area (Å²) < 4.78 is 23.4. The van der Waals surface area contributed by atoms with Gasteiger partial charge < -0.3 is 19.9 Å². The summed E-state index contributed by atoms with van der Waals surface area (Å²) in [7, 11) is 2.92. The van der Waals surface area contributed by atoms with Crippen molar-refractivity contribution in [2.75, 3.05) is 19.5 Å². The van der Waals surface area contributed by atoms with Crippen molar-refractivity contribution in [2.24, 2.45) is 0 Å². The van der Waals surface area contributed by atoms with E-state index >= 15 is 0 Å². The fraction of sp³-hybridized carbons (Fsp3) is 0.200. The van der Waals surface area contributed by atoms with Gasteiger partial charge in [-0.25, -0.2) is 4.39 Å². The Balaban J connectivity index is 2.05. The molecule has 0 saturated heterocycles. The highest BCUT2D eigenvalue weighted by atomic mass is 19.1. The summed E-state index contributed by atoms with van der Waals surface area (Å²) >= 11 is 0. The molecule has 5 heteroatoms. The highest BCUT2D eigenvalue weighted by Gasteiger charge is 2.05. The number of anilines is 1. The zero-order valence-corrected chi connectivity index (χ0v) is 11.3. The number of aromatic hydroxyl groups is 1. The maximum absolute atomic E-state index is 13.5. The molecular formula is C15H16FNO3. The van der Waals surface area contributed by atoms with Gasteiger partial charge in [-0.15, -0.1) is 0 Å². The predicted molar refractivity (Wildman–Crippen MR) is 74.9 cm³/mol. The second-order valence-corrected chi connectivity index (χ2v) is 4.21. The van der Waals surface area contributed by atoms with Gasteiger partial charge in [-0.3, -0.25) is 0 Å². The number of hydrogen-bond donors (Lipinski definition) is 2. The molecule has 0 heterocycles. The minimum absolute atomic E-state index is 0.0541. The first-order chi connectivity index (χ1) is 9.63. The van der Waals surface area contributed by atoms with E-state index in [1.165, 1.54) is 20.3 Å². The first-order valence-electron chi connectivity index (χ1n) is 6.07. The van der Waals surface area contributed by atoms with Crippen LogP contribution in [0.25, 0.3) is 0 Å². The van der Waals surface area contributed by atoms with Crippen LogP contribution in [0.15, 0.2) is 36.4 Å². The molecule has 0 aromatic heterocycles. The third-order valence-corrected chi connectivity index (χ3v) is 2.89. The van der Waals surface area contributed by atoms with Crippen LogP contribution in [0.4, 0.5) is 10.1 Å². The summed E-state index contributed by atoms with van der Waals surface area (Å²) in [6, 6.07) is 9.76. The molecule has 0 bridgehead atoms. The van der Waals surface area contributed by atoms with Crippen LogP contribution in [0, 0.1) is 5.82 Å². The molecule has 2 aromatic carbocycles. The van der Waals surface area contributed by atoms with Crippen LogP contribution in [0.1, 0.15) is 5.56 Å². The molecule has 0 amide bonds. The number of methoxy groups -OCH3 is 2. The molecule has 4 nitrogen and oxygen atoms in total. The Labute approximate surface area is 116 Å². The molecule has 2 aromatic rings. The zero-order valence-electron chi connectivity index (χ0n) is 11.3. The summed E-state index contributed by atoms with van der Waals surface area (Å²) in [4.78, 5) is 0. The third-order valence-electron chi connectivity index (χ3n) is 2.89. The molecule has 0 spiro atoms. The van der Waals surface area contributed by atoms with Crippen LogP contribution in [-0.4, -0.2) is 19.3 Å². The van der Waals surface area contributed by atoms with Crippen molar-refractivity contribution >= 4 is 5.69 Å². The van der Waals surface area contributed by atoms with Gasteiger partial charge in [-0.05, 0) is 29.8 Å². The van der Waals surface area contributed by atoms with Crippen LogP contribution >= 0.6 is 0 Å². The van der Waals surface area contributed by atoms with Crippen LogP contribution < -0.4 is 14.8 Å². The Bertz CT molecular complexity index is 548. The largest absolute Gasteiger partial charge is 0.504 e. The normalized spacial score (nSPS) is 10.2. The van der Waals surface area contributed by atoms with Gasteiger partial charge in [-0.2, -0.15) is 0 Å². The number of rotatable bonds is 5. The Morgan fingerprint density at radius 2 is 1.75 bits per heavy atom. The van der Waals surface area contributed by atoms with E-state index in [4.69, 9.17) is 9.47 Å². The molecule has 0 aliphatic heterocycles. The molecule has 0 aliphatic carbocycles. The van der Waals surface area contributed by atoms with E-state index in [9.17, 15) is 9.50 Å². The van der Waals surface area contributed by atoms with Gasteiger partial charge in [-0.1, -0.05) is 6.07 Å². The number of nitrogens with one attached hydrogen (secondary N) is 1. The molecule has 0 unspecified atom stereocenters. The lowest BCUT2D eigenvalue weighted by molar-refractivity contribution is 0.373. The lowest BCUT2D eigenvalue weighted by Gasteiger charge is -2.10. The quantitative estimate of drug-likeness (QED) is 0.881. The van der Waals surface area contributed by atoms with Crippen molar-refractivity contribution in [2.45, 2.75) is 6.54 Å². The minimum atomic E-state index is -0.399. The van der Waals surface area contributed by atoms with Crippen molar-refractivity contribution in [3.8, 4) is 17.2 Å². The van der Waals surface area contributed by atoms with E-state index in [0.29, 0.717) is 12.3 Å². The average Bonchev–Trinajstić information content (AvgIpc) is 2.45. The van der Waals surface area contributed by atoms with Crippen LogP contribution in [-0.2, 0) is 6.54 Å². The van der Waals surface area contributed by atoms with E-state index in [0.717, 1.165) is 11.3 Å². The smallest absolute Gasteiger partial charge is 0.165 e. The Morgan fingerprint density at radius 1 is 1.05 bits per heavy atom. The number of halogens is 1. The average molecular weight is 277 g/mol. The van der Waals surface area contributed by atoms with Gasteiger partial charge in [0.15, 0.2) is 23.1 Å². The monoisotopic (exact) mass is 277 g/mol. The summed E-state index contributed by atoms with van der Waals surface area (Å²) in [6.45, 7) is 0.437. The summed E-state index contributed by atoms with van der Waals surface area (Å²) in [6.07, 6.45) is 0. The van der Waals surface area contributed by atoms with Crippen LogP contribution in [0.5, 0.6) is 17.2 Å². The molecule has 0 atom stereocenters. The molecule has 20 heavy (non-hydrogen) atoms. The van der Waals surface area contributed by atoms with Gasteiger partial charge >= 0.3 is 0 Å². The summed E-state index contributed by atoms with van der Waals surface area (Å²) in [5, 5.41) is 12.8. The SMILES string of the molecule is COc1ccc(NCc2ccc(OC)c(F)c2)cc1O. The number of phenols is 1. The van der Waals surface area contributed by atoms with Crippen molar-refractivity contribution in [3.05, 3.63) is 47.8 Å². The highest BCUT2D eigenvalue weighted by Crippen LogP contribution is 2.28. The van der Waals surface area contributed by atoms with Gasteiger partial charge in [0.25, 0.3) is 0 Å². The first-order valence-corrected chi connectivity index (χ1v) is 6.07. The fourth-order valence-electron chi connectivity index (χ4n) is 1.82. The number of benzene rings is 2. The van der Waals surface area contributed by atoms with E-state index in [1.54, 1.807) is 30.3 Å². The van der Waals surface area contributed by atoms with Gasteiger partial charge in [0.1, 0.15) is 0 Å². The van der Waals surface area contributed by atoms with Crippen molar-refractivity contribution in [1.29, 1.82) is 0 Å². The zero-order chi connectivity index (χ0) is 14.5. The molecule has 106 valence electrons. The number of ether oxygens (including phenoxy) is 2. The van der Waals surface area contributed by atoms with Crippen molar-refractivity contribution in [3.63, 3.8) is 0 Å². The van der Waals surface area contributed by atoms with E-state index in [-0.39, 0.29) is 11.5 Å². The predicted octanol–water partition coefficient (Wildman–Crippen LogP) is 3.16. The molecule has 2 rings (SSSR count). The number of hydrogen-bond acceptors (Lipinski definition) is 4. The standard InChI is InChI=1S/C15H16FNO3/c1-19-14-5-3-10(7-12(14)16)9-17-11-4-6-15(20-2)13(18)8-11/h3-8,17-18H,9H2,1-2H3. The Morgan fingerprint density at radius 3 is 2.35 bits per heavy atom. The maximum Gasteiger partial charge on any atom is 0.165 e. The lowest BCUT2D eigenvalue weighted by atomic mass is 10.2. The molecule has 0 saturated carbocycles. The second kappa shape index (κ2) is 6.14. The second-order valence-electron chi connectivity index (χ2n) is 4.21. The van der Waals surface area contributed by atoms with Gasteiger partial charge in [0.2, 0.25) is 0 Å². The molecule has 0 fully saturated rings. The molecular weight excluding hydrogens is 261 g/mol. The molecule has 0 radical (unpaired) electrons. The Hall–Kier alpha value is -2.43. The minimum Gasteiger partial charge on any atom is -0.504 e. The number of phenolic OH excluding ortho intramolecular Hbond substituents is 1. The van der Waals surface area contributed by atoms with Gasteiger partial charge in [0.05, 0.1) is 14.2 Å². The highest BCUT2D eigenvalue weighted by molar-refractivity contribution is 5.54. The Kier molecular flexibility index (Phi) is 4.30. The maximum atomic E-state index is 13.5. The van der Waals surface area contributed by atoms with Gasteiger partial charge in [0, 0.05) is 18.3 Å². The van der Waals surface area contributed by atoms with Crippen molar-refractivity contribution in [1.82, 2.24) is 0 Å². The summed E-state index contributed by atoms with van der Waals surface area (Å²) in [5.74, 6) is 0.282. The fourth-order valence-corrected chi connectivity index (χ4v) is 1.82. The van der Waals surface area contributed by atoms with E-state index in [2.05, 4.69) is 5.32 Å².